The standard InChI is InChI=1S/C13H10ClF2NO/c1-7-2-5-11(8(14)6-7)18-13-10(17)4-3-9(15)12(13)16/h2-6H,17H2,1H3. The van der Waals surface area contributed by atoms with Gasteiger partial charge in [0.15, 0.2) is 11.6 Å². The van der Waals surface area contributed by atoms with Crippen LogP contribution in [-0.2, 0) is 0 Å². The van der Waals surface area contributed by atoms with E-state index in [-0.39, 0.29) is 17.2 Å². The molecule has 2 rings (SSSR count). The molecule has 0 aliphatic heterocycles. The van der Waals surface area contributed by atoms with Crippen LogP contribution in [0, 0.1) is 18.6 Å². The Bertz CT molecular complexity index is 602. The molecule has 18 heavy (non-hydrogen) atoms. The lowest BCUT2D eigenvalue weighted by molar-refractivity contribution is 0.418. The van der Waals surface area contributed by atoms with E-state index in [9.17, 15) is 8.78 Å². The van der Waals surface area contributed by atoms with E-state index in [4.69, 9.17) is 22.1 Å². The maximum Gasteiger partial charge on any atom is 0.203 e. The molecule has 0 aliphatic rings. The SMILES string of the molecule is Cc1ccc(Oc2c(N)ccc(F)c2F)c(Cl)c1. The van der Waals surface area contributed by atoms with Gasteiger partial charge in [0.2, 0.25) is 5.82 Å². The minimum Gasteiger partial charge on any atom is -0.450 e. The van der Waals surface area contributed by atoms with E-state index < -0.39 is 11.6 Å². The van der Waals surface area contributed by atoms with E-state index in [1.807, 2.05) is 6.92 Å². The molecule has 0 aliphatic carbocycles. The van der Waals surface area contributed by atoms with Crippen LogP contribution < -0.4 is 10.5 Å². The summed E-state index contributed by atoms with van der Waals surface area (Å²) in [5, 5.41) is 0.304. The second-order valence-electron chi connectivity index (χ2n) is 3.82. The average Bonchev–Trinajstić information content (AvgIpc) is 2.32. The first kappa shape index (κ1) is 12.6. The number of hydrogen-bond donors (Lipinski definition) is 1. The minimum atomic E-state index is -1.13. The number of aryl methyl sites for hydroxylation is 1. The fourth-order valence-electron chi connectivity index (χ4n) is 1.45. The van der Waals surface area contributed by atoms with Crippen LogP contribution in [0.3, 0.4) is 0 Å². The van der Waals surface area contributed by atoms with Crippen molar-refractivity contribution in [2.24, 2.45) is 0 Å². The Hall–Kier alpha value is -1.81. The van der Waals surface area contributed by atoms with E-state index in [0.717, 1.165) is 11.6 Å². The van der Waals surface area contributed by atoms with Crippen LogP contribution in [0.2, 0.25) is 5.02 Å². The van der Waals surface area contributed by atoms with Gasteiger partial charge >= 0.3 is 0 Å². The highest BCUT2D eigenvalue weighted by Gasteiger charge is 2.15. The molecule has 2 aromatic carbocycles. The van der Waals surface area contributed by atoms with Crippen molar-refractivity contribution in [3.63, 3.8) is 0 Å². The van der Waals surface area contributed by atoms with Crippen LogP contribution in [-0.4, -0.2) is 0 Å². The second-order valence-corrected chi connectivity index (χ2v) is 4.22. The quantitative estimate of drug-likeness (QED) is 0.825. The molecule has 0 fully saturated rings. The lowest BCUT2D eigenvalue weighted by Gasteiger charge is -2.11. The van der Waals surface area contributed by atoms with Crippen molar-refractivity contribution < 1.29 is 13.5 Å². The zero-order valence-electron chi connectivity index (χ0n) is 9.51. The Morgan fingerprint density at radius 1 is 1.17 bits per heavy atom. The predicted octanol–water partition coefficient (Wildman–Crippen LogP) is 4.30. The summed E-state index contributed by atoms with van der Waals surface area (Å²) in [7, 11) is 0. The summed E-state index contributed by atoms with van der Waals surface area (Å²) in [6.07, 6.45) is 0. The van der Waals surface area contributed by atoms with Crippen molar-refractivity contribution >= 4 is 17.3 Å². The largest absolute Gasteiger partial charge is 0.450 e. The first-order valence-corrected chi connectivity index (χ1v) is 5.54. The van der Waals surface area contributed by atoms with Crippen LogP contribution >= 0.6 is 11.6 Å². The van der Waals surface area contributed by atoms with Gasteiger partial charge in [0.1, 0.15) is 5.75 Å². The number of ether oxygens (including phenoxy) is 1. The van der Waals surface area contributed by atoms with Crippen molar-refractivity contribution in [2.45, 2.75) is 6.92 Å². The molecule has 0 radical (unpaired) electrons. The van der Waals surface area contributed by atoms with Crippen LogP contribution in [0.5, 0.6) is 11.5 Å². The zero-order chi connectivity index (χ0) is 13.3. The Morgan fingerprint density at radius 2 is 1.89 bits per heavy atom. The number of nitrogens with two attached hydrogens (primary N) is 1. The Labute approximate surface area is 108 Å². The van der Waals surface area contributed by atoms with Crippen molar-refractivity contribution in [1.29, 1.82) is 0 Å². The molecule has 0 spiro atoms. The molecule has 0 aromatic heterocycles. The number of anilines is 1. The van der Waals surface area contributed by atoms with E-state index in [2.05, 4.69) is 0 Å². The molecule has 0 heterocycles. The first-order chi connectivity index (χ1) is 8.49. The van der Waals surface area contributed by atoms with Gasteiger partial charge in [-0.25, -0.2) is 4.39 Å². The van der Waals surface area contributed by atoms with Gasteiger partial charge in [0.25, 0.3) is 0 Å². The van der Waals surface area contributed by atoms with Gasteiger partial charge in [0.05, 0.1) is 10.7 Å². The van der Waals surface area contributed by atoms with Crippen molar-refractivity contribution in [1.82, 2.24) is 0 Å². The molecule has 0 unspecified atom stereocenters. The normalized spacial score (nSPS) is 10.4. The summed E-state index contributed by atoms with van der Waals surface area (Å²) >= 11 is 5.94. The molecule has 0 saturated carbocycles. The Balaban J connectivity index is 2.43. The molecule has 2 aromatic rings. The van der Waals surface area contributed by atoms with Crippen molar-refractivity contribution in [2.75, 3.05) is 5.73 Å². The van der Waals surface area contributed by atoms with Gasteiger partial charge in [0, 0.05) is 0 Å². The molecule has 94 valence electrons. The monoisotopic (exact) mass is 269 g/mol. The zero-order valence-corrected chi connectivity index (χ0v) is 10.3. The predicted molar refractivity (Wildman–Crippen MR) is 67.0 cm³/mol. The highest BCUT2D eigenvalue weighted by atomic mass is 35.5. The summed E-state index contributed by atoms with van der Waals surface area (Å²) in [5.74, 6) is -2.30. The number of halogens is 3. The molecule has 0 amide bonds. The maximum absolute atomic E-state index is 13.5. The Morgan fingerprint density at radius 3 is 2.56 bits per heavy atom. The second kappa shape index (κ2) is 4.82. The van der Waals surface area contributed by atoms with E-state index in [1.54, 1.807) is 18.2 Å². The summed E-state index contributed by atoms with van der Waals surface area (Å²) in [6, 6.07) is 7.14. The number of benzene rings is 2. The number of nitrogen functional groups attached to an aromatic ring is 1. The highest BCUT2D eigenvalue weighted by Crippen LogP contribution is 2.35. The lowest BCUT2D eigenvalue weighted by atomic mass is 10.2. The van der Waals surface area contributed by atoms with Crippen LogP contribution in [0.15, 0.2) is 30.3 Å². The third-order valence-electron chi connectivity index (χ3n) is 2.38. The van der Waals surface area contributed by atoms with Crippen molar-refractivity contribution in [3.8, 4) is 11.5 Å². The van der Waals surface area contributed by atoms with Crippen LogP contribution in [0.25, 0.3) is 0 Å². The lowest BCUT2D eigenvalue weighted by Crippen LogP contribution is -1.98. The Kier molecular flexibility index (Phi) is 3.39. The van der Waals surface area contributed by atoms with Crippen LogP contribution in [0.1, 0.15) is 5.56 Å². The van der Waals surface area contributed by atoms with Crippen LogP contribution in [0.4, 0.5) is 14.5 Å². The molecule has 0 atom stereocenters. The highest BCUT2D eigenvalue weighted by molar-refractivity contribution is 6.32. The average molecular weight is 270 g/mol. The van der Waals surface area contributed by atoms with Gasteiger partial charge in [-0.05, 0) is 36.8 Å². The number of rotatable bonds is 2. The summed E-state index contributed by atoms with van der Waals surface area (Å²) in [5.41, 5.74) is 6.48. The smallest absolute Gasteiger partial charge is 0.203 e. The van der Waals surface area contributed by atoms with Gasteiger partial charge < -0.3 is 10.5 Å². The molecular weight excluding hydrogens is 260 g/mol. The van der Waals surface area contributed by atoms with Gasteiger partial charge in [-0.15, -0.1) is 0 Å². The molecule has 2 N–H and O–H groups in total. The summed E-state index contributed by atoms with van der Waals surface area (Å²) in [6.45, 7) is 1.85. The van der Waals surface area contributed by atoms with Gasteiger partial charge in [-0.1, -0.05) is 17.7 Å². The molecule has 0 bridgehead atoms. The third kappa shape index (κ3) is 2.38. The first-order valence-electron chi connectivity index (χ1n) is 5.16. The van der Waals surface area contributed by atoms with Gasteiger partial charge in [-0.3, -0.25) is 0 Å². The fourth-order valence-corrected chi connectivity index (χ4v) is 1.72. The van der Waals surface area contributed by atoms with Gasteiger partial charge in [-0.2, -0.15) is 4.39 Å². The fraction of sp³-hybridized carbons (Fsp3) is 0.0769. The number of hydrogen-bond acceptors (Lipinski definition) is 2. The molecule has 0 saturated heterocycles. The van der Waals surface area contributed by atoms with Crippen molar-refractivity contribution in [3.05, 3.63) is 52.6 Å². The van der Waals surface area contributed by atoms with E-state index >= 15 is 0 Å². The third-order valence-corrected chi connectivity index (χ3v) is 2.68. The topological polar surface area (TPSA) is 35.2 Å². The minimum absolute atomic E-state index is 0.00513. The molecular formula is C13H10ClF2NO. The maximum atomic E-state index is 13.5. The summed E-state index contributed by atoms with van der Waals surface area (Å²) < 4.78 is 31.9. The molecule has 2 nitrogen and oxygen atoms in total. The molecule has 5 heteroatoms. The van der Waals surface area contributed by atoms with E-state index in [0.29, 0.717) is 5.02 Å². The summed E-state index contributed by atoms with van der Waals surface area (Å²) in [4.78, 5) is 0. The van der Waals surface area contributed by atoms with E-state index in [1.165, 1.54) is 6.07 Å².